The van der Waals surface area contributed by atoms with Crippen molar-refractivity contribution < 1.29 is 33.4 Å². The second-order valence-electron chi connectivity index (χ2n) is 17.9. The maximum absolute atomic E-state index is 14.1. The topological polar surface area (TPSA) is 193 Å². The standard InChI is InChI=1S/C48H60N8O7/c1-7-27(4)22-37(52-45(57)40(55-48(60)62-6)30-18-20-63-21-19-30)43-49-25-38(51-43)29-10-8-28(9-11-29)31-13-16-35-32(23-31)14-17-36-41(35)53-44(50-36)42-33-12-15-34(24-33)56(42)46(58)39(26(2)3)54-47(59)61-5/h8-11,13-14,16-17,23,25-27,30,33-34,37,39-40,42H,7,12,15,18-22,24H2,1-6H3,(H,49,51)(H,50,53)(H,52,57)(H,54,59)(H,55,60)/t27-,33-,34+,37-,39-,40-,42-/m0/s1. The van der Waals surface area contributed by atoms with Gasteiger partial charge in [0.2, 0.25) is 11.8 Å². The number of hydrogen-bond donors (Lipinski definition) is 5. The molecule has 1 saturated carbocycles. The van der Waals surface area contributed by atoms with Crippen LogP contribution >= 0.6 is 0 Å². The van der Waals surface area contributed by atoms with Crippen LogP contribution in [-0.2, 0) is 23.8 Å². The van der Waals surface area contributed by atoms with Crippen LogP contribution in [0.25, 0.3) is 44.2 Å². The van der Waals surface area contributed by atoms with Crippen LogP contribution in [0.5, 0.6) is 0 Å². The molecular weight excluding hydrogens is 801 g/mol. The maximum atomic E-state index is 14.1. The summed E-state index contributed by atoms with van der Waals surface area (Å²) >= 11 is 0. The first-order valence-corrected chi connectivity index (χ1v) is 22.4. The van der Waals surface area contributed by atoms with Gasteiger partial charge in [-0.15, -0.1) is 0 Å². The Bertz CT molecular complexity index is 2440. The number of carbonyl (C=O) groups excluding carboxylic acids is 4. The number of H-pyrrole nitrogens is 2. The van der Waals surface area contributed by atoms with E-state index in [1.54, 1.807) is 6.20 Å². The Labute approximate surface area is 367 Å². The number of imidazole rings is 2. The molecule has 0 radical (unpaired) electrons. The zero-order valence-electron chi connectivity index (χ0n) is 37.0. The fourth-order valence-corrected chi connectivity index (χ4v) is 9.87. The molecule has 0 unspecified atom stereocenters. The summed E-state index contributed by atoms with van der Waals surface area (Å²) < 4.78 is 15.2. The van der Waals surface area contributed by atoms with Gasteiger partial charge in [-0.25, -0.2) is 19.6 Å². The van der Waals surface area contributed by atoms with Crippen molar-refractivity contribution in [2.45, 2.75) is 103 Å². The average molecular weight is 861 g/mol. The van der Waals surface area contributed by atoms with E-state index >= 15 is 0 Å². The molecule has 5 aromatic rings. The van der Waals surface area contributed by atoms with Crippen LogP contribution in [0.2, 0.25) is 0 Å². The predicted molar refractivity (Wildman–Crippen MR) is 239 cm³/mol. The highest BCUT2D eigenvalue weighted by Gasteiger charge is 2.51. The van der Waals surface area contributed by atoms with Crippen LogP contribution in [0, 0.1) is 23.7 Å². The van der Waals surface area contributed by atoms with Crippen LogP contribution in [0.3, 0.4) is 0 Å². The van der Waals surface area contributed by atoms with E-state index in [2.05, 4.69) is 88.3 Å². The minimum atomic E-state index is -0.752. The number of methoxy groups -OCH3 is 2. The van der Waals surface area contributed by atoms with Crippen molar-refractivity contribution in [2.24, 2.45) is 23.7 Å². The van der Waals surface area contributed by atoms with Crippen LogP contribution in [0.4, 0.5) is 9.59 Å². The second-order valence-corrected chi connectivity index (χ2v) is 17.9. The molecule has 4 amide bonds. The lowest BCUT2D eigenvalue weighted by atomic mass is 9.90. The van der Waals surface area contributed by atoms with Crippen LogP contribution < -0.4 is 16.0 Å². The summed E-state index contributed by atoms with van der Waals surface area (Å²) in [4.78, 5) is 71.3. The number of nitrogens with zero attached hydrogens (tertiary/aromatic N) is 3. The molecule has 0 spiro atoms. The quantitative estimate of drug-likeness (QED) is 0.0737. The van der Waals surface area contributed by atoms with Crippen molar-refractivity contribution in [1.29, 1.82) is 0 Å². The van der Waals surface area contributed by atoms with E-state index < -0.39 is 24.3 Å². The lowest BCUT2D eigenvalue weighted by Gasteiger charge is -2.37. The fraction of sp³-hybridized carbons (Fsp3) is 0.500. The highest BCUT2D eigenvalue weighted by atomic mass is 16.5. The second kappa shape index (κ2) is 18.8. The normalized spacial score (nSPS) is 20.7. The van der Waals surface area contributed by atoms with Crippen LogP contribution in [0.15, 0.2) is 60.8 Å². The van der Waals surface area contributed by atoms with Crippen molar-refractivity contribution in [3.63, 3.8) is 0 Å². The predicted octanol–water partition coefficient (Wildman–Crippen LogP) is 7.95. The summed E-state index contributed by atoms with van der Waals surface area (Å²) in [6.07, 6.45) is 6.39. The summed E-state index contributed by atoms with van der Waals surface area (Å²) in [6.45, 7) is 9.22. The van der Waals surface area contributed by atoms with Crippen molar-refractivity contribution in [3.05, 3.63) is 72.4 Å². The molecule has 3 aliphatic rings. The number of fused-ring (bicyclic) bond motifs is 5. The van der Waals surface area contributed by atoms with E-state index in [4.69, 9.17) is 24.2 Å². The third-order valence-corrected chi connectivity index (χ3v) is 13.6. The smallest absolute Gasteiger partial charge is 0.407 e. The number of piperidine rings is 1. The molecule has 2 aromatic heterocycles. The van der Waals surface area contributed by atoms with Crippen molar-refractivity contribution >= 4 is 45.8 Å². The van der Waals surface area contributed by atoms with Gasteiger partial charge in [0.15, 0.2) is 0 Å². The largest absolute Gasteiger partial charge is 0.453 e. The molecule has 4 heterocycles. The molecule has 2 saturated heterocycles. The van der Waals surface area contributed by atoms with Crippen LogP contribution in [0.1, 0.15) is 96.4 Å². The number of carbonyl (C=O) groups is 4. The third kappa shape index (κ3) is 9.11. The van der Waals surface area contributed by atoms with Crippen molar-refractivity contribution in [3.8, 4) is 22.4 Å². The lowest BCUT2D eigenvalue weighted by Crippen LogP contribution is -2.54. The summed E-state index contributed by atoms with van der Waals surface area (Å²) in [5.41, 5.74) is 5.70. The van der Waals surface area contributed by atoms with E-state index in [-0.39, 0.29) is 41.8 Å². The van der Waals surface area contributed by atoms with Gasteiger partial charge in [-0.2, -0.15) is 0 Å². The summed E-state index contributed by atoms with van der Waals surface area (Å²) in [5.74, 6) is 1.50. The number of nitrogens with one attached hydrogen (secondary N) is 5. The number of likely N-dealkylation sites (tertiary alicyclic amines) is 1. The number of ether oxygens (including phenoxy) is 3. The molecule has 2 bridgehead atoms. The lowest BCUT2D eigenvalue weighted by molar-refractivity contribution is -0.139. The van der Waals surface area contributed by atoms with Gasteiger partial charge in [0, 0.05) is 24.6 Å². The molecule has 2 aliphatic heterocycles. The SMILES string of the molecule is CC[C@H](C)C[C@H](NC(=O)[C@@H](NC(=O)OC)C1CCOCC1)c1ncc(-c2ccc(-c3ccc4c(ccc5nc([C@@H]6[C@H]7CC[C@H](C7)N6C(=O)[C@@H](NC(=O)OC)C(C)C)[nH]c54)c3)cc2)[nH]1. The molecule has 15 nitrogen and oxygen atoms in total. The first kappa shape index (κ1) is 43.7. The van der Waals surface area contributed by atoms with E-state index in [0.717, 1.165) is 75.7 Å². The van der Waals surface area contributed by atoms with Gasteiger partial charge in [0.25, 0.3) is 0 Å². The van der Waals surface area contributed by atoms with E-state index in [1.165, 1.54) is 14.2 Å². The summed E-state index contributed by atoms with van der Waals surface area (Å²) in [7, 11) is 2.61. The van der Waals surface area contributed by atoms with Gasteiger partial charge >= 0.3 is 12.2 Å². The first-order chi connectivity index (χ1) is 30.5. The molecule has 1 aliphatic carbocycles. The molecule has 5 N–H and O–H groups in total. The number of alkyl carbamates (subject to hydrolysis) is 2. The van der Waals surface area contributed by atoms with Gasteiger partial charge in [0.05, 0.1) is 49.2 Å². The molecular formula is C48H60N8O7. The number of amides is 4. The number of hydrogen-bond acceptors (Lipinski definition) is 9. The maximum Gasteiger partial charge on any atom is 0.407 e. The molecule has 3 aromatic carbocycles. The molecule has 334 valence electrons. The zero-order chi connectivity index (χ0) is 44.4. The minimum Gasteiger partial charge on any atom is -0.453 e. The highest BCUT2D eigenvalue weighted by molar-refractivity contribution is 6.05. The van der Waals surface area contributed by atoms with Crippen molar-refractivity contribution in [1.82, 2.24) is 40.8 Å². The summed E-state index contributed by atoms with van der Waals surface area (Å²) in [5, 5.41) is 10.9. The van der Waals surface area contributed by atoms with Gasteiger partial charge in [-0.3, -0.25) is 9.59 Å². The number of rotatable bonds is 14. The van der Waals surface area contributed by atoms with E-state index in [1.807, 2.05) is 24.8 Å². The molecule has 63 heavy (non-hydrogen) atoms. The van der Waals surface area contributed by atoms with Gasteiger partial charge < -0.3 is 45.0 Å². The number of aromatic amines is 2. The van der Waals surface area contributed by atoms with E-state index in [9.17, 15) is 19.2 Å². The Morgan fingerprint density at radius 1 is 0.857 bits per heavy atom. The van der Waals surface area contributed by atoms with Gasteiger partial charge in [-0.05, 0) is 96.4 Å². The molecule has 8 rings (SSSR count). The Morgan fingerprint density at radius 3 is 2.29 bits per heavy atom. The molecule has 3 fully saturated rings. The van der Waals surface area contributed by atoms with Gasteiger partial charge in [0.1, 0.15) is 23.7 Å². The first-order valence-electron chi connectivity index (χ1n) is 22.4. The minimum absolute atomic E-state index is 0.0701. The Morgan fingerprint density at radius 2 is 1.57 bits per heavy atom. The Balaban J connectivity index is 0.999. The zero-order valence-corrected chi connectivity index (χ0v) is 37.0. The van der Waals surface area contributed by atoms with Crippen LogP contribution in [-0.4, -0.2) is 94.4 Å². The monoisotopic (exact) mass is 860 g/mol. The average Bonchev–Trinajstić information content (AvgIpc) is 4.14. The molecule has 7 atom stereocenters. The van der Waals surface area contributed by atoms with Crippen molar-refractivity contribution in [2.75, 3.05) is 27.4 Å². The van der Waals surface area contributed by atoms with Gasteiger partial charge in [-0.1, -0.05) is 76.6 Å². The summed E-state index contributed by atoms with van der Waals surface area (Å²) in [6, 6.07) is 17.0. The highest BCUT2D eigenvalue weighted by Crippen LogP contribution is 2.50. The Kier molecular flexibility index (Phi) is 13.0. The third-order valence-electron chi connectivity index (χ3n) is 13.6. The fourth-order valence-electron chi connectivity index (χ4n) is 9.87. The Hall–Kier alpha value is -5.96. The number of benzene rings is 3. The molecule has 15 heteroatoms. The van der Waals surface area contributed by atoms with E-state index in [0.29, 0.717) is 50.1 Å². The number of aromatic nitrogens is 4.